The molecule has 4 nitrogen and oxygen atoms in total. The van der Waals surface area contributed by atoms with Crippen molar-refractivity contribution in [3.63, 3.8) is 0 Å². The largest absolute Gasteiger partial charge is 0.349 e. The lowest BCUT2D eigenvalue weighted by Crippen LogP contribution is -2.56. The summed E-state index contributed by atoms with van der Waals surface area (Å²) in [6.45, 7) is 12.6. The molecule has 0 aromatic rings. The van der Waals surface area contributed by atoms with Gasteiger partial charge in [0.25, 0.3) is 0 Å². The van der Waals surface area contributed by atoms with E-state index < -0.39 is 0 Å². The summed E-state index contributed by atoms with van der Waals surface area (Å²) < 4.78 is 25.8. The minimum atomic E-state index is -0.282. The van der Waals surface area contributed by atoms with Gasteiger partial charge in [0.1, 0.15) is 0 Å². The first-order chi connectivity index (χ1) is 15.8. The fourth-order valence-electron chi connectivity index (χ4n) is 11.0. The maximum Gasteiger partial charge on any atom is 0.171 e. The number of hydrogen-bond acceptors (Lipinski definition) is 4. The monoisotopic (exact) mass is 458 g/mol. The highest BCUT2D eigenvalue weighted by Crippen LogP contribution is 2.71. The summed E-state index contributed by atoms with van der Waals surface area (Å²) in [5.74, 6) is 4.73. The van der Waals surface area contributed by atoms with Gasteiger partial charge in [-0.05, 0) is 91.3 Å². The molecule has 0 amide bonds. The third-order valence-electron chi connectivity index (χ3n) is 12.7. The Morgan fingerprint density at radius 1 is 0.758 bits per heavy atom. The summed E-state index contributed by atoms with van der Waals surface area (Å²) in [7, 11) is 0. The fourth-order valence-corrected chi connectivity index (χ4v) is 11.0. The zero-order chi connectivity index (χ0) is 22.6. The average Bonchev–Trinajstić information content (AvgIpc) is 3.44. The molecule has 11 atom stereocenters. The topological polar surface area (TPSA) is 36.9 Å². The molecule has 33 heavy (non-hydrogen) atoms. The number of rotatable bonds is 0. The predicted molar refractivity (Wildman–Crippen MR) is 126 cm³/mol. The normalized spacial score (nSPS) is 59.3. The molecule has 4 saturated carbocycles. The van der Waals surface area contributed by atoms with Crippen LogP contribution in [0.2, 0.25) is 0 Å². The maximum atomic E-state index is 6.95. The van der Waals surface area contributed by atoms with Gasteiger partial charge in [-0.1, -0.05) is 27.7 Å². The lowest BCUT2D eigenvalue weighted by molar-refractivity contribution is -0.273. The van der Waals surface area contributed by atoms with Crippen LogP contribution in [0.15, 0.2) is 0 Å². The van der Waals surface area contributed by atoms with E-state index >= 15 is 0 Å². The van der Waals surface area contributed by atoms with E-state index in [1.807, 2.05) is 0 Å². The Bertz CT molecular complexity index is 782. The number of hydrogen-bond donors (Lipinski definition) is 0. The van der Waals surface area contributed by atoms with Gasteiger partial charge in [-0.2, -0.15) is 0 Å². The van der Waals surface area contributed by atoms with Crippen LogP contribution in [0.3, 0.4) is 0 Å². The maximum absolute atomic E-state index is 6.95. The molecule has 186 valence electrons. The van der Waals surface area contributed by atoms with Crippen molar-refractivity contribution in [3.8, 4) is 0 Å². The van der Waals surface area contributed by atoms with Gasteiger partial charge in [0.2, 0.25) is 0 Å². The zero-order valence-corrected chi connectivity index (χ0v) is 21.4. The van der Waals surface area contributed by atoms with Crippen LogP contribution in [0.1, 0.15) is 91.9 Å². The number of fused-ring (bicyclic) bond motifs is 7. The lowest BCUT2D eigenvalue weighted by atomic mass is 9.44. The first kappa shape index (κ1) is 22.1. The third kappa shape index (κ3) is 2.90. The van der Waals surface area contributed by atoms with Crippen LogP contribution in [0.4, 0.5) is 0 Å². The fraction of sp³-hybridized carbons (Fsp3) is 1.00. The van der Waals surface area contributed by atoms with E-state index in [1.54, 1.807) is 0 Å². The van der Waals surface area contributed by atoms with E-state index in [-0.39, 0.29) is 11.6 Å². The molecule has 0 aromatic carbocycles. The minimum absolute atomic E-state index is 0.236. The Morgan fingerprint density at radius 3 is 2.33 bits per heavy atom. The second-order valence-electron chi connectivity index (χ2n) is 14.0. The van der Waals surface area contributed by atoms with E-state index in [2.05, 4.69) is 27.7 Å². The Balaban J connectivity index is 1.13. The van der Waals surface area contributed by atoms with Crippen LogP contribution in [-0.2, 0) is 18.9 Å². The molecule has 0 radical (unpaired) electrons. The molecule has 11 unspecified atom stereocenters. The molecule has 2 spiro atoms. The summed E-state index contributed by atoms with van der Waals surface area (Å²) in [5.41, 5.74) is 0.900. The lowest BCUT2D eigenvalue weighted by Gasteiger charge is -2.62. The highest BCUT2D eigenvalue weighted by Gasteiger charge is 2.69. The van der Waals surface area contributed by atoms with Crippen molar-refractivity contribution >= 4 is 0 Å². The van der Waals surface area contributed by atoms with Crippen LogP contribution in [0.25, 0.3) is 0 Å². The Hall–Kier alpha value is -0.160. The van der Waals surface area contributed by atoms with Crippen molar-refractivity contribution in [2.45, 2.75) is 110 Å². The first-order valence-corrected chi connectivity index (χ1v) is 14.4. The Morgan fingerprint density at radius 2 is 1.58 bits per heavy atom. The molecule has 7 aliphatic rings. The van der Waals surface area contributed by atoms with Gasteiger partial charge in [-0.25, -0.2) is 0 Å². The molecule has 0 aromatic heterocycles. The SMILES string of the molecule is CC1CCC2(OC1)OC1CC3C4CCC5CC6(CCC5(C)C4CCC3(C)C1C2C)OCCO6. The van der Waals surface area contributed by atoms with Crippen molar-refractivity contribution < 1.29 is 18.9 Å². The van der Waals surface area contributed by atoms with E-state index in [9.17, 15) is 0 Å². The van der Waals surface area contributed by atoms with Crippen LogP contribution in [0, 0.1) is 52.3 Å². The summed E-state index contributed by atoms with van der Waals surface area (Å²) in [5, 5.41) is 0. The molecule has 3 aliphatic heterocycles. The summed E-state index contributed by atoms with van der Waals surface area (Å²) >= 11 is 0. The Labute approximate surface area is 200 Å². The van der Waals surface area contributed by atoms with Gasteiger partial charge in [-0.3, -0.25) is 0 Å². The Kier molecular flexibility index (Phi) is 4.82. The van der Waals surface area contributed by atoms with Gasteiger partial charge in [0.15, 0.2) is 11.6 Å². The van der Waals surface area contributed by atoms with Gasteiger partial charge in [-0.15, -0.1) is 0 Å². The molecular formula is C29H46O4. The molecule has 3 saturated heterocycles. The van der Waals surface area contributed by atoms with Crippen molar-refractivity contribution in [2.75, 3.05) is 19.8 Å². The first-order valence-electron chi connectivity index (χ1n) is 14.4. The quantitative estimate of drug-likeness (QED) is 0.435. The molecule has 4 heteroatoms. The summed E-state index contributed by atoms with van der Waals surface area (Å²) in [4.78, 5) is 0. The molecular weight excluding hydrogens is 412 g/mol. The molecule has 7 rings (SSSR count). The standard InChI is InChI=1S/C29H46O4/c1-18-7-10-29(32-17-18)19(2)25-24(33-29)15-23-21-6-5-20-16-28(30-13-14-31-28)12-11-26(20,3)22(21)8-9-27(23,25)4/h18-25H,5-17H2,1-4H3. The van der Waals surface area contributed by atoms with E-state index in [1.165, 1.54) is 44.9 Å². The second-order valence-corrected chi connectivity index (χ2v) is 14.0. The van der Waals surface area contributed by atoms with Crippen LogP contribution in [0.5, 0.6) is 0 Å². The predicted octanol–water partition coefficient (Wildman–Crippen LogP) is 6.18. The van der Waals surface area contributed by atoms with Crippen molar-refractivity contribution in [1.82, 2.24) is 0 Å². The van der Waals surface area contributed by atoms with E-state index in [0.717, 1.165) is 62.8 Å². The average molecular weight is 459 g/mol. The molecule has 4 aliphatic carbocycles. The summed E-state index contributed by atoms with van der Waals surface area (Å²) in [6.07, 6.45) is 13.2. The molecule has 0 bridgehead atoms. The minimum Gasteiger partial charge on any atom is -0.349 e. The van der Waals surface area contributed by atoms with Crippen LogP contribution < -0.4 is 0 Å². The van der Waals surface area contributed by atoms with Crippen molar-refractivity contribution in [1.29, 1.82) is 0 Å². The van der Waals surface area contributed by atoms with Gasteiger partial charge >= 0.3 is 0 Å². The van der Waals surface area contributed by atoms with Crippen LogP contribution >= 0.6 is 0 Å². The van der Waals surface area contributed by atoms with E-state index in [4.69, 9.17) is 18.9 Å². The molecule has 0 N–H and O–H groups in total. The summed E-state index contributed by atoms with van der Waals surface area (Å²) in [6, 6.07) is 0. The van der Waals surface area contributed by atoms with Gasteiger partial charge < -0.3 is 18.9 Å². The highest BCUT2D eigenvalue weighted by molar-refractivity contribution is 5.15. The third-order valence-corrected chi connectivity index (χ3v) is 12.7. The highest BCUT2D eigenvalue weighted by atomic mass is 16.7. The van der Waals surface area contributed by atoms with E-state index in [0.29, 0.717) is 34.7 Å². The van der Waals surface area contributed by atoms with Gasteiger partial charge in [0, 0.05) is 25.2 Å². The number of ether oxygens (including phenoxy) is 4. The zero-order valence-electron chi connectivity index (χ0n) is 21.4. The van der Waals surface area contributed by atoms with Crippen molar-refractivity contribution in [3.05, 3.63) is 0 Å². The van der Waals surface area contributed by atoms with Crippen molar-refractivity contribution in [2.24, 2.45) is 52.3 Å². The second kappa shape index (κ2) is 7.20. The smallest absolute Gasteiger partial charge is 0.171 e. The van der Waals surface area contributed by atoms with Gasteiger partial charge in [0.05, 0.1) is 25.9 Å². The molecule has 3 heterocycles. The molecule has 7 fully saturated rings. The van der Waals surface area contributed by atoms with Crippen LogP contribution in [-0.4, -0.2) is 37.5 Å².